The van der Waals surface area contributed by atoms with Crippen LogP contribution in [0.4, 0.5) is 0 Å². The minimum atomic E-state index is -1.08. The third-order valence-electron chi connectivity index (χ3n) is 3.94. The average molecular weight is 262 g/mol. The van der Waals surface area contributed by atoms with E-state index < -0.39 is 11.5 Å². The van der Waals surface area contributed by atoms with Gasteiger partial charge in [0.15, 0.2) is 0 Å². The van der Waals surface area contributed by atoms with Crippen molar-refractivity contribution in [3.63, 3.8) is 0 Å². The number of aliphatic carboxylic acids is 1. The van der Waals surface area contributed by atoms with Crippen LogP contribution in [0.3, 0.4) is 0 Å². The molecule has 0 saturated carbocycles. The molecule has 0 amide bonds. The number of carboxylic acids is 1. The van der Waals surface area contributed by atoms with E-state index in [9.17, 15) is 9.90 Å². The molecule has 2 atom stereocenters. The first-order chi connectivity index (χ1) is 9.07. The van der Waals surface area contributed by atoms with Gasteiger partial charge in [-0.25, -0.2) is 0 Å². The number of hydrogen-bond donors (Lipinski definition) is 2. The van der Waals surface area contributed by atoms with E-state index in [0.29, 0.717) is 13.0 Å². The third kappa shape index (κ3) is 2.96. The summed E-state index contributed by atoms with van der Waals surface area (Å²) in [7, 11) is 0. The number of carbonyl (C=O) groups is 1. The van der Waals surface area contributed by atoms with E-state index >= 15 is 0 Å². The van der Waals surface area contributed by atoms with Crippen molar-refractivity contribution >= 4 is 5.97 Å². The molecule has 0 spiro atoms. The molecule has 19 heavy (non-hydrogen) atoms. The molecule has 0 aromatic heterocycles. The topological polar surface area (TPSA) is 66.6 Å². The molecule has 0 aliphatic carbocycles. The van der Waals surface area contributed by atoms with Crippen LogP contribution in [0.15, 0.2) is 30.3 Å². The number of rotatable bonds is 5. The third-order valence-corrected chi connectivity index (χ3v) is 3.94. The normalized spacial score (nSPS) is 25.4. The molecule has 1 aromatic rings. The van der Waals surface area contributed by atoms with Gasteiger partial charge in [0.25, 0.3) is 0 Å². The van der Waals surface area contributed by atoms with Gasteiger partial charge in [-0.2, -0.15) is 0 Å². The molecule has 1 aromatic carbocycles. The van der Waals surface area contributed by atoms with Crippen LogP contribution in [-0.2, 0) is 4.79 Å². The van der Waals surface area contributed by atoms with Crippen LogP contribution in [0.5, 0.6) is 0 Å². The fraction of sp³-hybridized carbons (Fsp3) is 0.533. The van der Waals surface area contributed by atoms with E-state index in [4.69, 9.17) is 5.73 Å². The van der Waals surface area contributed by atoms with Crippen molar-refractivity contribution in [3.05, 3.63) is 35.9 Å². The molecule has 1 saturated heterocycles. The van der Waals surface area contributed by atoms with Crippen LogP contribution < -0.4 is 5.73 Å². The minimum Gasteiger partial charge on any atom is -0.480 e. The van der Waals surface area contributed by atoms with Gasteiger partial charge >= 0.3 is 5.97 Å². The van der Waals surface area contributed by atoms with Crippen molar-refractivity contribution < 1.29 is 9.90 Å². The smallest absolute Gasteiger partial charge is 0.325 e. The van der Waals surface area contributed by atoms with Gasteiger partial charge in [0.1, 0.15) is 5.54 Å². The summed E-state index contributed by atoms with van der Waals surface area (Å²) in [6.07, 6.45) is 2.62. The van der Waals surface area contributed by atoms with Crippen LogP contribution in [-0.4, -0.2) is 34.6 Å². The van der Waals surface area contributed by atoms with Gasteiger partial charge in [0.2, 0.25) is 0 Å². The van der Waals surface area contributed by atoms with Crippen LogP contribution in [0.1, 0.15) is 37.8 Å². The van der Waals surface area contributed by atoms with Gasteiger partial charge in [0, 0.05) is 19.1 Å². The summed E-state index contributed by atoms with van der Waals surface area (Å²) in [6, 6.07) is 10.5. The second-order valence-electron chi connectivity index (χ2n) is 5.40. The first-order valence-corrected chi connectivity index (χ1v) is 6.88. The van der Waals surface area contributed by atoms with Gasteiger partial charge in [-0.3, -0.25) is 9.69 Å². The van der Waals surface area contributed by atoms with E-state index in [1.807, 2.05) is 18.2 Å². The Morgan fingerprint density at radius 1 is 1.47 bits per heavy atom. The molecular weight excluding hydrogens is 240 g/mol. The Labute approximate surface area is 114 Å². The Balaban J connectivity index is 2.16. The fourth-order valence-corrected chi connectivity index (χ4v) is 2.81. The lowest BCUT2D eigenvalue weighted by atomic mass is 9.99. The Morgan fingerprint density at radius 3 is 2.68 bits per heavy atom. The highest BCUT2D eigenvalue weighted by Crippen LogP contribution is 2.31. The van der Waals surface area contributed by atoms with E-state index in [2.05, 4.69) is 24.0 Å². The number of carboxylic acid groups (broad SMARTS) is 1. The highest BCUT2D eigenvalue weighted by molar-refractivity contribution is 5.79. The van der Waals surface area contributed by atoms with Crippen molar-refractivity contribution in [1.82, 2.24) is 4.90 Å². The van der Waals surface area contributed by atoms with Gasteiger partial charge in [-0.05, 0) is 18.4 Å². The quantitative estimate of drug-likeness (QED) is 0.852. The maximum absolute atomic E-state index is 11.2. The summed E-state index contributed by atoms with van der Waals surface area (Å²) in [6.45, 7) is 3.34. The lowest BCUT2D eigenvalue weighted by Gasteiger charge is -2.29. The summed E-state index contributed by atoms with van der Waals surface area (Å²) in [4.78, 5) is 13.4. The van der Waals surface area contributed by atoms with Crippen molar-refractivity contribution in [3.8, 4) is 0 Å². The molecule has 104 valence electrons. The molecule has 0 radical (unpaired) electrons. The number of nitrogens with two attached hydrogens (primary N) is 1. The van der Waals surface area contributed by atoms with Gasteiger partial charge < -0.3 is 10.8 Å². The van der Waals surface area contributed by atoms with Crippen molar-refractivity contribution in [2.45, 2.75) is 37.8 Å². The molecule has 1 fully saturated rings. The predicted molar refractivity (Wildman–Crippen MR) is 74.8 cm³/mol. The molecule has 1 heterocycles. The van der Waals surface area contributed by atoms with Gasteiger partial charge in [-0.1, -0.05) is 43.7 Å². The van der Waals surface area contributed by atoms with Crippen LogP contribution in [0, 0.1) is 0 Å². The fourth-order valence-electron chi connectivity index (χ4n) is 2.81. The van der Waals surface area contributed by atoms with Crippen molar-refractivity contribution in [2.75, 3.05) is 13.1 Å². The molecule has 2 rings (SSSR count). The monoisotopic (exact) mass is 262 g/mol. The summed E-state index contributed by atoms with van der Waals surface area (Å²) in [5.41, 5.74) is 6.13. The van der Waals surface area contributed by atoms with Crippen molar-refractivity contribution in [2.24, 2.45) is 5.73 Å². The number of hydrogen-bond acceptors (Lipinski definition) is 3. The molecule has 0 bridgehead atoms. The Bertz CT molecular complexity index is 435. The van der Waals surface area contributed by atoms with E-state index in [1.165, 1.54) is 5.56 Å². The zero-order valence-electron chi connectivity index (χ0n) is 11.4. The number of benzene rings is 1. The maximum Gasteiger partial charge on any atom is 0.325 e. The van der Waals surface area contributed by atoms with Crippen molar-refractivity contribution in [1.29, 1.82) is 0 Å². The number of nitrogens with zero attached hydrogens (tertiary/aromatic N) is 1. The van der Waals surface area contributed by atoms with Crippen LogP contribution >= 0.6 is 0 Å². The molecular formula is C15H22N2O2. The highest BCUT2D eigenvalue weighted by atomic mass is 16.4. The SMILES string of the molecule is CCCC(c1ccccc1)N1CCC(N)(C(=O)O)C1. The van der Waals surface area contributed by atoms with Gasteiger partial charge in [0.05, 0.1) is 0 Å². The minimum absolute atomic E-state index is 0.274. The Morgan fingerprint density at radius 2 is 2.16 bits per heavy atom. The maximum atomic E-state index is 11.2. The standard InChI is InChI=1S/C15H22N2O2/c1-2-6-13(12-7-4-3-5-8-12)17-10-9-15(16,11-17)14(18)19/h3-5,7-8,13H,2,6,9-11,16H2,1H3,(H,18,19). The van der Waals surface area contributed by atoms with E-state index in [-0.39, 0.29) is 6.04 Å². The molecule has 3 N–H and O–H groups in total. The summed E-state index contributed by atoms with van der Waals surface area (Å²) < 4.78 is 0. The van der Waals surface area contributed by atoms with E-state index in [1.54, 1.807) is 0 Å². The summed E-state index contributed by atoms with van der Waals surface area (Å²) in [5, 5.41) is 9.22. The molecule has 4 nitrogen and oxygen atoms in total. The Hall–Kier alpha value is -1.39. The molecule has 2 unspecified atom stereocenters. The first-order valence-electron chi connectivity index (χ1n) is 6.88. The van der Waals surface area contributed by atoms with Crippen LogP contribution in [0.2, 0.25) is 0 Å². The lowest BCUT2D eigenvalue weighted by Crippen LogP contribution is -2.50. The van der Waals surface area contributed by atoms with Gasteiger partial charge in [-0.15, -0.1) is 0 Å². The van der Waals surface area contributed by atoms with Crippen LogP contribution in [0.25, 0.3) is 0 Å². The predicted octanol–water partition coefficient (Wildman–Crippen LogP) is 2.02. The molecule has 4 heteroatoms. The second kappa shape index (κ2) is 5.72. The zero-order chi connectivity index (χ0) is 13.9. The summed E-state index contributed by atoms with van der Waals surface area (Å²) >= 11 is 0. The molecule has 1 aliphatic rings. The average Bonchev–Trinajstić information content (AvgIpc) is 2.81. The second-order valence-corrected chi connectivity index (χ2v) is 5.40. The molecule has 1 aliphatic heterocycles. The van der Waals surface area contributed by atoms with E-state index in [0.717, 1.165) is 19.4 Å². The zero-order valence-corrected chi connectivity index (χ0v) is 11.4. The largest absolute Gasteiger partial charge is 0.480 e. The highest BCUT2D eigenvalue weighted by Gasteiger charge is 2.43. The number of likely N-dealkylation sites (tertiary alicyclic amines) is 1. The first kappa shape index (κ1) is 14.0. The lowest BCUT2D eigenvalue weighted by molar-refractivity contribution is -0.142. The summed E-state index contributed by atoms with van der Waals surface area (Å²) in [5.74, 6) is -0.890. The Kier molecular flexibility index (Phi) is 4.22.